The lowest BCUT2D eigenvalue weighted by atomic mass is 10.1. The third kappa shape index (κ3) is 3.26. The molecule has 21 heavy (non-hydrogen) atoms. The van der Waals surface area contributed by atoms with Crippen LogP contribution in [0.3, 0.4) is 0 Å². The van der Waals surface area contributed by atoms with Gasteiger partial charge >= 0.3 is 0 Å². The lowest BCUT2D eigenvalue weighted by Gasteiger charge is -2.16. The zero-order valence-electron chi connectivity index (χ0n) is 12.0. The third-order valence-electron chi connectivity index (χ3n) is 3.80. The molecule has 0 unspecified atom stereocenters. The first-order valence-corrected chi connectivity index (χ1v) is 7.57. The Kier molecular flexibility index (Phi) is 4.23. The van der Waals surface area contributed by atoms with Crippen LogP contribution in [0.1, 0.15) is 24.1 Å². The van der Waals surface area contributed by atoms with E-state index in [1.807, 2.05) is 18.2 Å². The summed E-state index contributed by atoms with van der Waals surface area (Å²) in [4.78, 5) is 0. The summed E-state index contributed by atoms with van der Waals surface area (Å²) >= 11 is 6.24. The van der Waals surface area contributed by atoms with Crippen LogP contribution in [0.15, 0.2) is 66.7 Å². The Morgan fingerprint density at radius 2 is 1.62 bits per heavy atom. The van der Waals surface area contributed by atoms with Gasteiger partial charge < -0.3 is 5.32 Å². The van der Waals surface area contributed by atoms with Gasteiger partial charge in [-0.3, -0.25) is 0 Å². The van der Waals surface area contributed by atoms with Crippen molar-refractivity contribution in [1.29, 1.82) is 0 Å². The summed E-state index contributed by atoms with van der Waals surface area (Å²) in [5.41, 5.74) is 2.42. The van der Waals surface area contributed by atoms with Gasteiger partial charge in [0.15, 0.2) is 0 Å². The monoisotopic (exact) mass is 295 g/mol. The Morgan fingerprint density at radius 1 is 0.905 bits per heavy atom. The highest BCUT2D eigenvalue weighted by molar-refractivity contribution is 6.31. The van der Waals surface area contributed by atoms with Crippen LogP contribution in [0, 0.1) is 0 Å². The average molecular weight is 296 g/mol. The molecule has 0 aliphatic rings. The normalized spacial score (nSPS) is 12.5. The van der Waals surface area contributed by atoms with Crippen LogP contribution in [0.25, 0.3) is 10.8 Å². The van der Waals surface area contributed by atoms with Gasteiger partial charge in [0.1, 0.15) is 0 Å². The lowest BCUT2D eigenvalue weighted by molar-refractivity contribution is 0.575. The Labute approximate surface area is 130 Å². The van der Waals surface area contributed by atoms with Gasteiger partial charge in [0.05, 0.1) is 0 Å². The van der Waals surface area contributed by atoms with Gasteiger partial charge in [0.2, 0.25) is 0 Å². The fourth-order valence-corrected chi connectivity index (χ4v) is 2.86. The first kappa shape index (κ1) is 14.1. The molecule has 0 aliphatic carbocycles. The standard InChI is InChI=1S/C19H18ClN/c1-14(18-8-4-5-9-19(18)20)21-13-15-10-11-16-6-2-3-7-17(16)12-15/h2-12,14,21H,13H2,1H3/t14-/m1/s1. The van der Waals surface area contributed by atoms with Crippen molar-refractivity contribution >= 4 is 22.4 Å². The molecule has 0 radical (unpaired) electrons. The van der Waals surface area contributed by atoms with E-state index < -0.39 is 0 Å². The fourth-order valence-electron chi connectivity index (χ4n) is 2.56. The second-order valence-electron chi connectivity index (χ2n) is 5.31. The van der Waals surface area contributed by atoms with Crippen molar-refractivity contribution in [2.24, 2.45) is 0 Å². The minimum Gasteiger partial charge on any atom is -0.306 e. The van der Waals surface area contributed by atoms with Gasteiger partial charge in [-0.1, -0.05) is 66.2 Å². The topological polar surface area (TPSA) is 12.0 Å². The van der Waals surface area contributed by atoms with E-state index in [1.165, 1.54) is 16.3 Å². The van der Waals surface area contributed by atoms with Crippen molar-refractivity contribution in [1.82, 2.24) is 5.32 Å². The predicted molar refractivity (Wildman–Crippen MR) is 90.7 cm³/mol. The Morgan fingerprint density at radius 3 is 2.43 bits per heavy atom. The van der Waals surface area contributed by atoms with Gasteiger partial charge in [0.25, 0.3) is 0 Å². The summed E-state index contributed by atoms with van der Waals surface area (Å²) in [5, 5.41) is 6.91. The van der Waals surface area contributed by atoms with E-state index in [4.69, 9.17) is 11.6 Å². The Bertz CT molecular complexity index is 751. The quantitative estimate of drug-likeness (QED) is 0.684. The Hall–Kier alpha value is -1.83. The molecule has 106 valence electrons. The van der Waals surface area contributed by atoms with Gasteiger partial charge in [-0.05, 0) is 41.0 Å². The van der Waals surface area contributed by atoms with E-state index in [9.17, 15) is 0 Å². The summed E-state index contributed by atoms with van der Waals surface area (Å²) in [6, 6.07) is 23.2. The second-order valence-corrected chi connectivity index (χ2v) is 5.71. The first-order valence-electron chi connectivity index (χ1n) is 7.19. The molecule has 0 heterocycles. The predicted octanol–water partition coefficient (Wildman–Crippen LogP) is 5.34. The van der Waals surface area contributed by atoms with Crippen LogP contribution < -0.4 is 5.32 Å². The highest BCUT2D eigenvalue weighted by atomic mass is 35.5. The molecule has 0 fully saturated rings. The summed E-state index contributed by atoms with van der Waals surface area (Å²) in [5.74, 6) is 0. The van der Waals surface area contributed by atoms with Crippen LogP contribution in [0.5, 0.6) is 0 Å². The van der Waals surface area contributed by atoms with Crippen molar-refractivity contribution < 1.29 is 0 Å². The molecular weight excluding hydrogens is 278 g/mol. The molecule has 0 saturated heterocycles. The lowest BCUT2D eigenvalue weighted by Crippen LogP contribution is -2.18. The molecule has 3 rings (SSSR count). The zero-order chi connectivity index (χ0) is 14.7. The minimum absolute atomic E-state index is 0.227. The molecular formula is C19H18ClN. The molecule has 1 N–H and O–H groups in total. The largest absolute Gasteiger partial charge is 0.306 e. The molecule has 0 aliphatic heterocycles. The number of nitrogens with one attached hydrogen (secondary N) is 1. The number of benzene rings is 3. The summed E-state index contributed by atoms with van der Waals surface area (Å²) < 4.78 is 0. The SMILES string of the molecule is C[C@@H](NCc1ccc2ccccc2c1)c1ccccc1Cl. The van der Waals surface area contributed by atoms with Crippen LogP contribution in [0.4, 0.5) is 0 Å². The van der Waals surface area contributed by atoms with Gasteiger partial charge in [-0.25, -0.2) is 0 Å². The molecule has 1 nitrogen and oxygen atoms in total. The minimum atomic E-state index is 0.227. The number of fused-ring (bicyclic) bond motifs is 1. The molecule has 1 atom stereocenters. The van der Waals surface area contributed by atoms with Gasteiger partial charge in [0, 0.05) is 17.6 Å². The van der Waals surface area contributed by atoms with E-state index in [2.05, 4.69) is 60.8 Å². The highest BCUT2D eigenvalue weighted by Gasteiger charge is 2.08. The van der Waals surface area contributed by atoms with E-state index in [-0.39, 0.29) is 6.04 Å². The first-order chi connectivity index (χ1) is 10.2. The molecule has 0 aromatic heterocycles. The molecule has 0 spiro atoms. The fraction of sp³-hybridized carbons (Fsp3) is 0.158. The summed E-state index contributed by atoms with van der Waals surface area (Å²) in [7, 11) is 0. The van der Waals surface area contributed by atoms with Crippen molar-refractivity contribution in [3.63, 3.8) is 0 Å². The van der Waals surface area contributed by atoms with Crippen molar-refractivity contribution in [2.75, 3.05) is 0 Å². The van der Waals surface area contributed by atoms with E-state index in [0.29, 0.717) is 0 Å². The number of halogens is 1. The van der Waals surface area contributed by atoms with Crippen molar-refractivity contribution in [2.45, 2.75) is 19.5 Å². The Balaban J connectivity index is 1.73. The zero-order valence-corrected chi connectivity index (χ0v) is 12.8. The molecule has 3 aromatic carbocycles. The van der Waals surface area contributed by atoms with Crippen molar-refractivity contribution in [3.05, 3.63) is 82.9 Å². The molecule has 0 amide bonds. The smallest absolute Gasteiger partial charge is 0.0453 e. The highest BCUT2D eigenvalue weighted by Crippen LogP contribution is 2.23. The average Bonchev–Trinajstić information content (AvgIpc) is 2.53. The van der Waals surface area contributed by atoms with Gasteiger partial charge in [-0.15, -0.1) is 0 Å². The number of hydrogen-bond donors (Lipinski definition) is 1. The summed E-state index contributed by atoms with van der Waals surface area (Å²) in [6.07, 6.45) is 0. The van der Waals surface area contributed by atoms with Gasteiger partial charge in [-0.2, -0.15) is 0 Å². The number of rotatable bonds is 4. The maximum absolute atomic E-state index is 6.24. The van der Waals surface area contributed by atoms with Crippen LogP contribution in [-0.4, -0.2) is 0 Å². The van der Waals surface area contributed by atoms with E-state index in [1.54, 1.807) is 0 Å². The third-order valence-corrected chi connectivity index (χ3v) is 4.14. The van der Waals surface area contributed by atoms with Crippen LogP contribution >= 0.6 is 11.6 Å². The second kappa shape index (κ2) is 6.30. The maximum atomic E-state index is 6.24. The molecule has 0 bridgehead atoms. The summed E-state index contributed by atoms with van der Waals surface area (Å²) in [6.45, 7) is 2.97. The van der Waals surface area contributed by atoms with Crippen molar-refractivity contribution in [3.8, 4) is 0 Å². The molecule has 3 aromatic rings. The maximum Gasteiger partial charge on any atom is 0.0453 e. The number of hydrogen-bond acceptors (Lipinski definition) is 1. The van der Waals surface area contributed by atoms with E-state index >= 15 is 0 Å². The molecule has 2 heteroatoms. The van der Waals surface area contributed by atoms with Crippen LogP contribution in [-0.2, 0) is 6.54 Å². The van der Waals surface area contributed by atoms with Crippen LogP contribution in [0.2, 0.25) is 5.02 Å². The van der Waals surface area contributed by atoms with E-state index in [0.717, 1.165) is 17.1 Å². The molecule has 0 saturated carbocycles.